The van der Waals surface area contributed by atoms with Crippen LogP contribution < -0.4 is 4.74 Å². The lowest BCUT2D eigenvalue weighted by atomic mass is 10.0. The fraction of sp³-hybridized carbons (Fsp3) is 0.130. The van der Waals surface area contributed by atoms with Gasteiger partial charge in [-0.05, 0) is 41.3 Å². The number of methoxy groups -OCH3 is 1. The number of hydrogen-bond acceptors (Lipinski definition) is 3. The Morgan fingerprint density at radius 1 is 1.07 bits per heavy atom. The maximum absolute atomic E-state index is 10.7. The van der Waals surface area contributed by atoms with E-state index in [9.17, 15) is 4.79 Å². The zero-order valence-electron chi connectivity index (χ0n) is 15.5. The molecule has 0 saturated heterocycles. The van der Waals surface area contributed by atoms with Crippen LogP contribution in [0.25, 0.3) is 33.3 Å². The number of fused-ring (bicyclic) bond motifs is 1. The predicted molar refractivity (Wildman–Crippen MR) is 109 cm³/mol. The van der Waals surface area contributed by atoms with E-state index in [2.05, 4.69) is 16.0 Å². The van der Waals surface area contributed by atoms with Crippen LogP contribution in [0, 0.1) is 0 Å². The minimum atomic E-state index is -0.781. The fourth-order valence-corrected chi connectivity index (χ4v) is 3.30. The maximum Gasteiger partial charge on any atom is 0.303 e. The molecule has 0 bridgehead atoms. The Morgan fingerprint density at radius 3 is 2.64 bits per heavy atom. The van der Waals surface area contributed by atoms with E-state index in [0.717, 1.165) is 44.6 Å². The Labute approximate surface area is 162 Å². The minimum absolute atomic E-state index is 0.139. The number of ether oxygens (including phenoxy) is 1. The molecular formula is C23H20N2O3. The highest BCUT2D eigenvalue weighted by molar-refractivity contribution is 5.95. The second kappa shape index (κ2) is 7.56. The molecule has 0 aliphatic carbocycles. The SMILES string of the molecule is COc1cccc(-c2cnc3[nH]cc(-c4ccc(CCC(=O)O)cc4)c3c2)c1. The van der Waals surface area contributed by atoms with Gasteiger partial charge in [0.1, 0.15) is 11.4 Å². The number of carbonyl (C=O) groups is 1. The molecule has 0 aliphatic heterocycles. The first-order valence-corrected chi connectivity index (χ1v) is 9.07. The number of nitrogens with one attached hydrogen (secondary N) is 1. The minimum Gasteiger partial charge on any atom is -0.497 e. The van der Waals surface area contributed by atoms with E-state index in [4.69, 9.17) is 9.84 Å². The third-order valence-corrected chi connectivity index (χ3v) is 4.83. The Bertz CT molecular complexity index is 1130. The molecule has 0 aliphatic rings. The first-order valence-electron chi connectivity index (χ1n) is 9.07. The molecule has 0 saturated carbocycles. The molecule has 2 aromatic carbocycles. The van der Waals surface area contributed by atoms with Crippen molar-refractivity contribution < 1.29 is 14.6 Å². The molecule has 5 nitrogen and oxygen atoms in total. The molecule has 0 unspecified atom stereocenters. The van der Waals surface area contributed by atoms with Crippen LogP contribution in [0.15, 0.2) is 67.0 Å². The van der Waals surface area contributed by atoms with Crippen LogP contribution in [0.5, 0.6) is 5.75 Å². The lowest BCUT2D eigenvalue weighted by molar-refractivity contribution is -0.136. The Balaban J connectivity index is 1.69. The second-order valence-electron chi connectivity index (χ2n) is 6.65. The summed E-state index contributed by atoms with van der Waals surface area (Å²) in [6, 6.07) is 18.1. The van der Waals surface area contributed by atoms with E-state index in [1.165, 1.54) is 0 Å². The molecule has 4 aromatic rings. The van der Waals surface area contributed by atoms with Gasteiger partial charge in [-0.3, -0.25) is 4.79 Å². The fourth-order valence-electron chi connectivity index (χ4n) is 3.30. The van der Waals surface area contributed by atoms with Crippen molar-refractivity contribution in [3.05, 3.63) is 72.6 Å². The maximum atomic E-state index is 10.7. The highest BCUT2D eigenvalue weighted by Crippen LogP contribution is 2.32. The number of aryl methyl sites for hydroxylation is 1. The van der Waals surface area contributed by atoms with Crippen LogP contribution in [-0.2, 0) is 11.2 Å². The highest BCUT2D eigenvalue weighted by atomic mass is 16.5. The summed E-state index contributed by atoms with van der Waals surface area (Å²) in [5.74, 6) is 0.0284. The molecule has 0 amide bonds. The summed E-state index contributed by atoms with van der Waals surface area (Å²) in [6.45, 7) is 0. The van der Waals surface area contributed by atoms with E-state index in [-0.39, 0.29) is 6.42 Å². The third-order valence-electron chi connectivity index (χ3n) is 4.83. The van der Waals surface area contributed by atoms with Gasteiger partial charge in [0.2, 0.25) is 0 Å². The number of rotatable bonds is 6. The molecule has 5 heteroatoms. The van der Waals surface area contributed by atoms with Crippen LogP contribution >= 0.6 is 0 Å². The molecule has 2 N–H and O–H groups in total. The Hall–Kier alpha value is -3.60. The van der Waals surface area contributed by atoms with Crippen LogP contribution in [0.1, 0.15) is 12.0 Å². The van der Waals surface area contributed by atoms with Crippen molar-refractivity contribution in [1.82, 2.24) is 9.97 Å². The number of H-pyrrole nitrogens is 1. The Kier molecular flexibility index (Phi) is 4.81. The van der Waals surface area contributed by atoms with E-state index < -0.39 is 5.97 Å². The van der Waals surface area contributed by atoms with Crippen molar-refractivity contribution in [3.63, 3.8) is 0 Å². The normalized spacial score (nSPS) is 10.9. The zero-order valence-corrected chi connectivity index (χ0v) is 15.5. The smallest absolute Gasteiger partial charge is 0.303 e. The van der Waals surface area contributed by atoms with E-state index in [1.54, 1.807) is 7.11 Å². The number of carboxylic acid groups (broad SMARTS) is 1. The topological polar surface area (TPSA) is 75.2 Å². The van der Waals surface area contributed by atoms with E-state index >= 15 is 0 Å². The van der Waals surface area contributed by atoms with Crippen molar-refractivity contribution in [3.8, 4) is 28.0 Å². The molecule has 4 rings (SSSR count). The molecule has 28 heavy (non-hydrogen) atoms. The average molecular weight is 372 g/mol. The second-order valence-corrected chi connectivity index (χ2v) is 6.65. The van der Waals surface area contributed by atoms with Crippen molar-refractivity contribution >= 4 is 17.0 Å². The van der Waals surface area contributed by atoms with Crippen molar-refractivity contribution in [2.24, 2.45) is 0 Å². The van der Waals surface area contributed by atoms with Gasteiger partial charge in [0.05, 0.1) is 7.11 Å². The van der Waals surface area contributed by atoms with Gasteiger partial charge in [0.15, 0.2) is 0 Å². The van der Waals surface area contributed by atoms with Gasteiger partial charge >= 0.3 is 5.97 Å². The van der Waals surface area contributed by atoms with Gasteiger partial charge in [0.25, 0.3) is 0 Å². The van der Waals surface area contributed by atoms with E-state index in [0.29, 0.717) is 6.42 Å². The third kappa shape index (κ3) is 3.60. The predicted octanol–water partition coefficient (Wildman–Crippen LogP) is 4.92. The van der Waals surface area contributed by atoms with Gasteiger partial charge in [0, 0.05) is 35.3 Å². The van der Waals surface area contributed by atoms with Gasteiger partial charge in [-0.1, -0.05) is 36.4 Å². The lowest BCUT2D eigenvalue weighted by Gasteiger charge is -2.06. The number of pyridine rings is 1. The standard InChI is InChI=1S/C23H20N2O3/c1-28-19-4-2-3-17(11-19)18-12-20-21(14-25-23(20)24-13-18)16-8-5-15(6-9-16)7-10-22(26)27/h2-6,8-9,11-14H,7,10H2,1H3,(H,24,25)(H,26,27). The summed E-state index contributed by atoms with van der Waals surface area (Å²) in [6.07, 6.45) is 4.48. The molecule has 0 spiro atoms. The first kappa shape index (κ1) is 17.8. The van der Waals surface area contributed by atoms with Crippen LogP contribution in [0.3, 0.4) is 0 Å². The summed E-state index contributed by atoms with van der Waals surface area (Å²) in [5.41, 5.74) is 6.04. The quantitative estimate of drug-likeness (QED) is 0.504. The van der Waals surface area contributed by atoms with Gasteiger partial charge in [-0.2, -0.15) is 0 Å². The zero-order chi connectivity index (χ0) is 19.5. The summed E-state index contributed by atoms with van der Waals surface area (Å²) in [7, 11) is 1.66. The summed E-state index contributed by atoms with van der Waals surface area (Å²) in [4.78, 5) is 18.5. The van der Waals surface area contributed by atoms with Crippen molar-refractivity contribution in [2.45, 2.75) is 12.8 Å². The number of hydrogen-bond donors (Lipinski definition) is 2. The van der Waals surface area contributed by atoms with Crippen LogP contribution in [0.2, 0.25) is 0 Å². The highest BCUT2D eigenvalue weighted by Gasteiger charge is 2.10. The van der Waals surface area contributed by atoms with Crippen molar-refractivity contribution in [2.75, 3.05) is 7.11 Å². The van der Waals surface area contributed by atoms with Crippen molar-refractivity contribution in [1.29, 1.82) is 0 Å². The van der Waals surface area contributed by atoms with E-state index in [1.807, 2.05) is 60.9 Å². The average Bonchev–Trinajstić information content (AvgIpc) is 3.16. The summed E-state index contributed by atoms with van der Waals surface area (Å²) >= 11 is 0. The van der Waals surface area contributed by atoms with Gasteiger partial charge < -0.3 is 14.8 Å². The summed E-state index contributed by atoms with van der Waals surface area (Å²) < 4.78 is 5.32. The lowest BCUT2D eigenvalue weighted by Crippen LogP contribution is -1.97. The Morgan fingerprint density at radius 2 is 1.89 bits per heavy atom. The number of carboxylic acids is 1. The molecule has 2 heterocycles. The van der Waals surface area contributed by atoms with Gasteiger partial charge in [-0.15, -0.1) is 0 Å². The first-order chi connectivity index (χ1) is 13.6. The number of aromatic nitrogens is 2. The largest absolute Gasteiger partial charge is 0.497 e. The number of nitrogens with zero attached hydrogens (tertiary/aromatic N) is 1. The number of benzene rings is 2. The summed E-state index contributed by atoms with van der Waals surface area (Å²) in [5, 5.41) is 9.87. The van der Waals surface area contributed by atoms with Gasteiger partial charge in [-0.25, -0.2) is 4.98 Å². The molecule has 0 fully saturated rings. The van der Waals surface area contributed by atoms with Crippen LogP contribution in [-0.4, -0.2) is 28.2 Å². The number of aliphatic carboxylic acids is 1. The number of aromatic amines is 1. The molecule has 2 aromatic heterocycles. The van der Waals surface area contributed by atoms with Crippen LogP contribution in [0.4, 0.5) is 0 Å². The molecule has 140 valence electrons. The molecular weight excluding hydrogens is 352 g/mol. The monoisotopic (exact) mass is 372 g/mol. The molecule has 0 atom stereocenters. The molecule has 0 radical (unpaired) electrons.